The summed E-state index contributed by atoms with van der Waals surface area (Å²) < 4.78 is 1.73. The predicted molar refractivity (Wildman–Crippen MR) is 95.3 cm³/mol. The molecule has 25 heavy (non-hydrogen) atoms. The number of anilines is 1. The lowest BCUT2D eigenvalue weighted by Gasteiger charge is -2.06. The molecule has 2 aromatic heterocycles. The van der Waals surface area contributed by atoms with Crippen LogP contribution in [-0.4, -0.2) is 44.0 Å². The van der Waals surface area contributed by atoms with E-state index in [4.69, 9.17) is 5.11 Å². The maximum Gasteiger partial charge on any atom is 0.320 e. The highest BCUT2D eigenvalue weighted by atomic mass is 16.3. The number of amides is 2. The van der Waals surface area contributed by atoms with Crippen LogP contribution in [0.1, 0.15) is 12.6 Å². The van der Waals surface area contributed by atoms with Gasteiger partial charge in [0, 0.05) is 18.7 Å². The number of aromatic nitrogens is 4. The van der Waals surface area contributed by atoms with E-state index in [0.717, 1.165) is 11.3 Å². The standard InChI is InChI=1S/C17H20N6O2/c1-3-23-16-13(15(22-23)21-17(25)18-9-10-24)11(2)19-14(20-16)12-7-5-4-6-8-12/h4-8,24H,3,9-10H2,1-2H3,(H2,18,21,22,25). The number of aliphatic hydroxyl groups excluding tert-OH is 1. The van der Waals surface area contributed by atoms with Crippen molar-refractivity contribution in [3.63, 3.8) is 0 Å². The number of hydrogen-bond donors (Lipinski definition) is 3. The zero-order valence-electron chi connectivity index (χ0n) is 14.2. The molecule has 0 saturated carbocycles. The smallest absolute Gasteiger partial charge is 0.320 e. The molecule has 0 aliphatic carbocycles. The fourth-order valence-electron chi connectivity index (χ4n) is 2.59. The molecule has 0 unspecified atom stereocenters. The molecule has 0 spiro atoms. The Bertz CT molecular complexity index is 891. The predicted octanol–water partition coefficient (Wildman–Crippen LogP) is 1.94. The average Bonchev–Trinajstić information content (AvgIpc) is 2.98. The summed E-state index contributed by atoms with van der Waals surface area (Å²) in [5, 5.41) is 19.2. The van der Waals surface area contributed by atoms with Crippen LogP contribution in [0.3, 0.4) is 0 Å². The van der Waals surface area contributed by atoms with Gasteiger partial charge >= 0.3 is 6.03 Å². The van der Waals surface area contributed by atoms with Crippen LogP contribution >= 0.6 is 0 Å². The van der Waals surface area contributed by atoms with E-state index in [0.29, 0.717) is 29.2 Å². The fraction of sp³-hybridized carbons (Fsp3) is 0.294. The molecule has 2 amide bonds. The van der Waals surface area contributed by atoms with Gasteiger partial charge in [-0.2, -0.15) is 5.10 Å². The van der Waals surface area contributed by atoms with Crippen LogP contribution in [0.15, 0.2) is 30.3 Å². The van der Waals surface area contributed by atoms with Gasteiger partial charge in [0.15, 0.2) is 17.3 Å². The van der Waals surface area contributed by atoms with Gasteiger partial charge in [-0.3, -0.25) is 5.32 Å². The van der Waals surface area contributed by atoms with Crippen molar-refractivity contribution < 1.29 is 9.90 Å². The van der Waals surface area contributed by atoms with Crippen LogP contribution in [0.2, 0.25) is 0 Å². The second-order valence-corrected chi connectivity index (χ2v) is 5.47. The minimum atomic E-state index is -0.428. The summed E-state index contributed by atoms with van der Waals surface area (Å²) in [4.78, 5) is 21.1. The highest BCUT2D eigenvalue weighted by Crippen LogP contribution is 2.27. The van der Waals surface area contributed by atoms with E-state index in [1.54, 1.807) is 4.68 Å². The Morgan fingerprint density at radius 1 is 1.24 bits per heavy atom. The minimum absolute atomic E-state index is 0.125. The van der Waals surface area contributed by atoms with E-state index in [-0.39, 0.29) is 13.2 Å². The summed E-state index contributed by atoms with van der Waals surface area (Å²) in [6.07, 6.45) is 0. The SMILES string of the molecule is CCn1nc(NC(=O)NCCO)c2c(C)nc(-c3ccccc3)nc21. The van der Waals surface area contributed by atoms with Crippen LogP contribution in [0.25, 0.3) is 22.4 Å². The number of benzene rings is 1. The maximum atomic E-state index is 11.9. The monoisotopic (exact) mass is 340 g/mol. The molecule has 0 aliphatic heterocycles. The van der Waals surface area contributed by atoms with Crippen molar-refractivity contribution in [2.45, 2.75) is 20.4 Å². The third-order valence-electron chi connectivity index (χ3n) is 3.73. The summed E-state index contributed by atoms with van der Waals surface area (Å²) in [5.74, 6) is 1.03. The first-order valence-electron chi connectivity index (χ1n) is 8.10. The van der Waals surface area contributed by atoms with E-state index in [2.05, 4.69) is 25.7 Å². The maximum absolute atomic E-state index is 11.9. The molecule has 0 atom stereocenters. The average molecular weight is 340 g/mol. The molecule has 8 nitrogen and oxygen atoms in total. The van der Waals surface area contributed by atoms with E-state index < -0.39 is 6.03 Å². The number of fused-ring (bicyclic) bond motifs is 1. The summed E-state index contributed by atoms with van der Waals surface area (Å²) in [7, 11) is 0. The number of urea groups is 1. The van der Waals surface area contributed by atoms with Gasteiger partial charge in [-0.15, -0.1) is 0 Å². The Labute approximate surface area is 144 Å². The normalized spacial score (nSPS) is 10.8. The van der Waals surface area contributed by atoms with Gasteiger partial charge in [0.25, 0.3) is 0 Å². The lowest BCUT2D eigenvalue weighted by molar-refractivity contribution is 0.244. The number of rotatable bonds is 5. The van der Waals surface area contributed by atoms with Crippen molar-refractivity contribution in [3.05, 3.63) is 36.0 Å². The first kappa shape index (κ1) is 16.8. The van der Waals surface area contributed by atoms with Crippen molar-refractivity contribution in [1.82, 2.24) is 25.1 Å². The van der Waals surface area contributed by atoms with Crippen LogP contribution in [0.5, 0.6) is 0 Å². The molecule has 8 heteroatoms. The second-order valence-electron chi connectivity index (χ2n) is 5.47. The first-order chi connectivity index (χ1) is 12.1. The van der Waals surface area contributed by atoms with Crippen LogP contribution in [0.4, 0.5) is 10.6 Å². The molecular formula is C17H20N6O2. The van der Waals surface area contributed by atoms with Gasteiger partial charge in [-0.1, -0.05) is 30.3 Å². The number of hydrogen-bond acceptors (Lipinski definition) is 5. The van der Waals surface area contributed by atoms with Gasteiger partial charge in [0.05, 0.1) is 17.7 Å². The van der Waals surface area contributed by atoms with E-state index in [9.17, 15) is 4.79 Å². The zero-order valence-corrected chi connectivity index (χ0v) is 14.2. The van der Waals surface area contributed by atoms with Crippen molar-refractivity contribution >= 4 is 22.9 Å². The molecule has 1 aromatic carbocycles. The Balaban J connectivity index is 2.05. The molecule has 3 N–H and O–H groups in total. The Morgan fingerprint density at radius 2 is 2.00 bits per heavy atom. The van der Waals surface area contributed by atoms with Crippen LogP contribution in [-0.2, 0) is 6.54 Å². The highest BCUT2D eigenvalue weighted by Gasteiger charge is 2.18. The molecule has 0 fully saturated rings. The lowest BCUT2D eigenvalue weighted by Crippen LogP contribution is -2.31. The summed E-state index contributed by atoms with van der Waals surface area (Å²) in [6.45, 7) is 4.49. The Morgan fingerprint density at radius 3 is 2.68 bits per heavy atom. The van der Waals surface area contributed by atoms with Gasteiger partial charge in [0.2, 0.25) is 0 Å². The molecule has 3 rings (SSSR count). The molecule has 2 heterocycles. The molecular weight excluding hydrogens is 320 g/mol. The zero-order chi connectivity index (χ0) is 17.8. The van der Waals surface area contributed by atoms with Crippen molar-refractivity contribution in [2.75, 3.05) is 18.5 Å². The third kappa shape index (κ3) is 3.43. The quantitative estimate of drug-likeness (QED) is 0.658. The first-order valence-corrected chi connectivity index (χ1v) is 8.10. The molecule has 0 aliphatic rings. The second kappa shape index (κ2) is 7.27. The largest absolute Gasteiger partial charge is 0.395 e. The number of aliphatic hydroxyl groups is 1. The molecule has 0 bridgehead atoms. The molecule has 3 aromatic rings. The Kier molecular flexibility index (Phi) is 4.90. The number of carbonyl (C=O) groups excluding carboxylic acids is 1. The number of aryl methyl sites for hydroxylation is 2. The van der Waals surface area contributed by atoms with E-state index in [1.807, 2.05) is 44.2 Å². The topological polar surface area (TPSA) is 105 Å². The van der Waals surface area contributed by atoms with Crippen molar-refractivity contribution in [3.8, 4) is 11.4 Å². The number of carbonyl (C=O) groups is 1. The summed E-state index contributed by atoms with van der Waals surface area (Å²) >= 11 is 0. The van der Waals surface area contributed by atoms with Crippen molar-refractivity contribution in [1.29, 1.82) is 0 Å². The van der Waals surface area contributed by atoms with Crippen molar-refractivity contribution in [2.24, 2.45) is 0 Å². The molecule has 130 valence electrons. The fourth-order valence-corrected chi connectivity index (χ4v) is 2.59. The molecule has 0 radical (unpaired) electrons. The van der Waals surface area contributed by atoms with E-state index >= 15 is 0 Å². The number of nitrogens with one attached hydrogen (secondary N) is 2. The van der Waals surface area contributed by atoms with Crippen LogP contribution in [0, 0.1) is 6.92 Å². The van der Waals surface area contributed by atoms with E-state index in [1.165, 1.54) is 0 Å². The summed E-state index contributed by atoms with van der Waals surface area (Å²) in [6, 6.07) is 9.30. The van der Waals surface area contributed by atoms with Gasteiger partial charge < -0.3 is 10.4 Å². The third-order valence-corrected chi connectivity index (χ3v) is 3.73. The lowest BCUT2D eigenvalue weighted by atomic mass is 10.2. The van der Waals surface area contributed by atoms with Gasteiger partial charge in [-0.05, 0) is 13.8 Å². The van der Waals surface area contributed by atoms with Gasteiger partial charge in [0.1, 0.15) is 0 Å². The molecule has 0 saturated heterocycles. The van der Waals surface area contributed by atoms with Gasteiger partial charge in [-0.25, -0.2) is 19.4 Å². The Hall–Kier alpha value is -3.00. The number of nitrogens with zero attached hydrogens (tertiary/aromatic N) is 4. The highest BCUT2D eigenvalue weighted by molar-refractivity contribution is 5.99. The minimum Gasteiger partial charge on any atom is -0.395 e. The summed E-state index contributed by atoms with van der Waals surface area (Å²) in [5.41, 5.74) is 2.33. The van der Waals surface area contributed by atoms with Crippen LogP contribution < -0.4 is 10.6 Å².